The zero-order valence-electron chi connectivity index (χ0n) is 18.7. The fraction of sp³-hybridized carbons (Fsp3) is 0.103. The van der Waals surface area contributed by atoms with E-state index in [9.17, 15) is 10.1 Å². The van der Waals surface area contributed by atoms with Gasteiger partial charge in [-0.2, -0.15) is 5.26 Å². The second kappa shape index (κ2) is 10.7. The van der Waals surface area contributed by atoms with Crippen LogP contribution >= 0.6 is 11.6 Å². The summed E-state index contributed by atoms with van der Waals surface area (Å²) in [6, 6.07) is 29.0. The summed E-state index contributed by atoms with van der Waals surface area (Å²) in [4.78, 5) is 12.5. The number of fused-ring (bicyclic) bond motifs is 1. The van der Waals surface area contributed by atoms with Crippen LogP contribution in [0, 0.1) is 11.3 Å². The Morgan fingerprint density at radius 1 is 0.971 bits per heavy atom. The molecule has 0 saturated carbocycles. The Morgan fingerprint density at radius 3 is 2.41 bits per heavy atom. The van der Waals surface area contributed by atoms with E-state index in [2.05, 4.69) is 36.5 Å². The standard InChI is InChI=1S/C29H23ClN2O2/c1-2-20-8-12-26(13-9-20)32-29(33)25(18-31)15-21-10-14-28(27(30)17-21)34-19-22-7-11-23-5-3-4-6-24(23)16-22/h3-17H,2,19H2,1H3,(H,32,33)/b25-15+. The monoisotopic (exact) mass is 466 g/mol. The number of anilines is 1. The molecule has 168 valence electrons. The van der Waals surface area contributed by atoms with Gasteiger partial charge >= 0.3 is 0 Å². The van der Waals surface area contributed by atoms with Crippen LogP contribution in [0.15, 0.2) is 90.5 Å². The molecule has 1 N–H and O–H groups in total. The molecule has 0 bridgehead atoms. The van der Waals surface area contributed by atoms with Crippen LogP contribution in [-0.4, -0.2) is 5.91 Å². The lowest BCUT2D eigenvalue weighted by Gasteiger charge is -2.10. The van der Waals surface area contributed by atoms with Gasteiger partial charge in [0.1, 0.15) is 24.0 Å². The van der Waals surface area contributed by atoms with Crippen molar-refractivity contribution in [3.05, 3.63) is 112 Å². The minimum absolute atomic E-state index is 0.0135. The molecule has 0 aromatic heterocycles. The summed E-state index contributed by atoms with van der Waals surface area (Å²) in [6.45, 7) is 2.44. The topological polar surface area (TPSA) is 62.1 Å². The number of hydrogen-bond donors (Lipinski definition) is 1. The maximum Gasteiger partial charge on any atom is 0.266 e. The van der Waals surface area contributed by atoms with Gasteiger partial charge in [-0.15, -0.1) is 0 Å². The van der Waals surface area contributed by atoms with Crippen LogP contribution in [0.2, 0.25) is 5.02 Å². The molecule has 4 aromatic carbocycles. The number of ether oxygens (including phenoxy) is 1. The largest absolute Gasteiger partial charge is 0.487 e. The Labute approximate surface area is 204 Å². The molecule has 0 radical (unpaired) electrons. The van der Waals surface area contributed by atoms with E-state index in [1.807, 2.05) is 48.5 Å². The normalized spacial score (nSPS) is 11.1. The average Bonchev–Trinajstić information content (AvgIpc) is 2.87. The first-order valence-electron chi connectivity index (χ1n) is 11.0. The first-order chi connectivity index (χ1) is 16.6. The van der Waals surface area contributed by atoms with Crippen LogP contribution in [-0.2, 0) is 17.8 Å². The second-order valence-corrected chi connectivity index (χ2v) is 8.24. The fourth-order valence-corrected chi connectivity index (χ4v) is 3.79. The molecule has 0 heterocycles. The lowest BCUT2D eigenvalue weighted by Crippen LogP contribution is -2.13. The van der Waals surface area contributed by atoms with Crippen molar-refractivity contribution >= 4 is 40.0 Å². The number of hydrogen-bond acceptors (Lipinski definition) is 3. The lowest BCUT2D eigenvalue weighted by molar-refractivity contribution is -0.112. The van der Waals surface area contributed by atoms with Crippen molar-refractivity contribution < 1.29 is 9.53 Å². The Bertz CT molecular complexity index is 1400. The van der Waals surface area contributed by atoms with Gasteiger partial charge in [0.05, 0.1) is 5.02 Å². The smallest absolute Gasteiger partial charge is 0.266 e. The van der Waals surface area contributed by atoms with Gasteiger partial charge in [-0.05, 0) is 70.3 Å². The highest BCUT2D eigenvalue weighted by Crippen LogP contribution is 2.28. The number of carbonyl (C=O) groups excluding carboxylic acids is 1. The van der Waals surface area contributed by atoms with E-state index in [1.54, 1.807) is 18.2 Å². The fourth-order valence-electron chi connectivity index (χ4n) is 3.55. The van der Waals surface area contributed by atoms with Crippen molar-refractivity contribution in [1.29, 1.82) is 5.26 Å². The number of nitrogens with zero attached hydrogens (tertiary/aromatic N) is 1. The molecule has 0 aliphatic carbocycles. The first kappa shape index (κ1) is 23.1. The maximum absolute atomic E-state index is 12.5. The Balaban J connectivity index is 1.43. The van der Waals surface area contributed by atoms with Gasteiger partial charge in [0, 0.05) is 5.69 Å². The summed E-state index contributed by atoms with van der Waals surface area (Å²) in [5.41, 5.74) is 3.47. The lowest BCUT2D eigenvalue weighted by atomic mass is 10.1. The van der Waals surface area contributed by atoms with E-state index in [-0.39, 0.29) is 5.57 Å². The van der Waals surface area contributed by atoms with Crippen molar-refractivity contribution in [2.75, 3.05) is 5.32 Å². The van der Waals surface area contributed by atoms with Crippen LogP contribution in [0.3, 0.4) is 0 Å². The number of amides is 1. The molecular formula is C29H23ClN2O2. The second-order valence-electron chi connectivity index (χ2n) is 7.83. The highest BCUT2D eigenvalue weighted by atomic mass is 35.5. The van der Waals surface area contributed by atoms with Gasteiger partial charge < -0.3 is 10.1 Å². The van der Waals surface area contributed by atoms with E-state index in [0.717, 1.165) is 17.4 Å². The summed E-state index contributed by atoms with van der Waals surface area (Å²) in [7, 11) is 0. The van der Waals surface area contributed by atoms with Crippen molar-refractivity contribution in [3.63, 3.8) is 0 Å². The predicted octanol–water partition coefficient (Wildman–Crippen LogP) is 7.18. The molecule has 0 unspecified atom stereocenters. The SMILES string of the molecule is CCc1ccc(NC(=O)/C(C#N)=C/c2ccc(OCc3ccc4ccccc4c3)c(Cl)c2)cc1. The molecule has 0 saturated heterocycles. The first-order valence-corrected chi connectivity index (χ1v) is 11.4. The Hall–Kier alpha value is -4.07. The zero-order valence-corrected chi connectivity index (χ0v) is 19.5. The van der Waals surface area contributed by atoms with Crippen LogP contribution in [0.1, 0.15) is 23.6 Å². The molecule has 0 atom stereocenters. The number of carbonyl (C=O) groups is 1. The van der Waals surface area contributed by atoms with Crippen LogP contribution in [0.4, 0.5) is 5.69 Å². The molecular weight excluding hydrogens is 444 g/mol. The Morgan fingerprint density at radius 2 is 1.71 bits per heavy atom. The molecule has 0 aliphatic heterocycles. The van der Waals surface area contributed by atoms with E-state index in [4.69, 9.17) is 16.3 Å². The van der Waals surface area contributed by atoms with Crippen molar-refractivity contribution in [1.82, 2.24) is 0 Å². The number of halogens is 1. The minimum Gasteiger partial charge on any atom is -0.487 e. The maximum atomic E-state index is 12.5. The van der Waals surface area contributed by atoms with Gasteiger partial charge in [-0.25, -0.2) is 0 Å². The molecule has 0 spiro atoms. The highest BCUT2D eigenvalue weighted by molar-refractivity contribution is 6.32. The molecule has 4 aromatic rings. The van der Waals surface area contributed by atoms with Crippen molar-refractivity contribution in [2.24, 2.45) is 0 Å². The zero-order chi connectivity index (χ0) is 23.9. The van der Waals surface area contributed by atoms with Crippen molar-refractivity contribution in [2.45, 2.75) is 20.0 Å². The van der Waals surface area contributed by atoms with Gasteiger partial charge in [-0.3, -0.25) is 4.79 Å². The highest BCUT2D eigenvalue weighted by Gasteiger charge is 2.11. The molecule has 0 fully saturated rings. The van der Waals surface area contributed by atoms with Gasteiger partial charge in [0.15, 0.2) is 0 Å². The summed E-state index contributed by atoms with van der Waals surface area (Å²) in [6.07, 6.45) is 2.43. The quantitative estimate of drug-likeness (QED) is 0.232. The predicted molar refractivity (Wildman–Crippen MR) is 138 cm³/mol. The van der Waals surface area contributed by atoms with Crippen molar-refractivity contribution in [3.8, 4) is 11.8 Å². The van der Waals surface area contributed by atoms with Crippen LogP contribution < -0.4 is 10.1 Å². The molecule has 4 rings (SSSR count). The van der Waals surface area contributed by atoms with E-state index >= 15 is 0 Å². The number of nitriles is 1. The summed E-state index contributed by atoms with van der Waals surface area (Å²) < 4.78 is 5.91. The molecule has 0 aliphatic rings. The van der Waals surface area contributed by atoms with E-state index in [0.29, 0.717) is 28.6 Å². The molecule has 34 heavy (non-hydrogen) atoms. The summed E-state index contributed by atoms with van der Waals surface area (Å²) in [5.74, 6) is 0.0606. The third-order valence-corrected chi connectivity index (χ3v) is 5.76. The third kappa shape index (κ3) is 5.64. The molecule has 5 heteroatoms. The van der Waals surface area contributed by atoms with Crippen LogP contribution in [0.5, 0.6) is 5.75 Å². The average molecular weight is 467 g/mol. The number of rotatable bonds is 7. The number of nitrogens with one attached hydrogen (secondary N) is 1. The van der Waals surface area contributed by atoms with E-state index in [1.165, 1.54) is 17.0 Å². The van der Waals surface area contributed by atoms with Gasteiger partial charge in [-0.1, -0.05) is 73.1 Å². The van der Waals surface area contributed by atoms with Crippen LogP contribution in [0.25, 0.3) is 16.8 Å². The summed E-state index contributed by atoms with van der Waals surface area (Å²) in [5, 5.41) is 15.0. The Kier molecular flexibility index (Phi) is 7.27. The summed E-state index contributed by atoms with van der Waals surface area (Å²) >= 11 is 6.42. The molecule has 1 amide bonds. The third-order valence-electron chi connectivity index (χ3n) is 5.46. The van der Waals surface area contributed by atoms with E-state index < -0.39 is 5.91 Å². The minimum atomic E-state index is -0.473. The number of aryl methyl sites for hydroxylation is 1. The van der Waals surface area contributed by atoms with Gasteiger partial charge in [0.25, 0.3) is 5.91 Å². The number of benzene rings is 4. The molecule has 4 nitrogen and oxygen atoms in total. The van der Waals surface area contributed by atoms with Gasteiger partial charge in [0.2, 0.25) is 0 Å².